The van der Waals surface area contributed by atoms with Gasteiger partial charge in [0.05, 0.1) is 12.2 Å². The molecule has 0 aromatic carbocycles. The first-order chi connectivity index (χ1) is 9.26. The third kappa shape index (κ3) is 5.08. The highest BCUT2D eigenvalue weighted by atomic mass is 16.2. The van der Waals surface area contributed by atoms with Gasteiger partial charge in [0.1, 0.15) is 0 Å². The van der Waals surface area contributed by atoms with Crippen molar-refractivity contribution in [2.24, 2.45) is 11.3 Å². The molecular weight excluding hydrogens is 248 g/mol. The number of rotatable bonds is 8. The zero-order valence-corrected chi connectivity index (χ0v) is 14.3. The Kier molecular flexibility index (Phi) is 6.50. The van der Waals surface area contributed by atoms with Crippen LogP contribution in [0.3, 0.4) is 0 Å². The monoisotopic (exact) mass is 282 g/mol. The lowest BCUT2D eigenvalue weighted by atomic mass is 9.86. The topological polar surface area (TPSA) is 32.3 Å². The second-order valence-electron chi connectivity index (χ2n) is 7.61. The van der Waals surface area contributed by atoms with E-state index in [2.05, 4.69) is 51.8 Å². The van der Waals surface area contributed by atoms with Crippen molar-refractivity contribution in [2.75, 3.05) is 6.54 Å². The van der Waals surface area contributed by atoms with E-state index in [-0.39, 0.29) is 17.6 Å². The summed E-state index contributed by atoms with van der Waals surface area (Å²) in [7, 11) is 0. The minimum absolute atomic E-state index is 0.0245. The van der Waals surface area contributed by atoms with E-state index < -0.39 is 0 Å². The van der Waals surface area contributed by atoms with Crippen LogP contribution in [0.1, 0.15) is 73.6 Å². The fourth-order valence-electron chi connectivity index (χ4n) is 3.09. The molecular formula is C17H34N2O. The van der Waals surface area contributed by atoms with Crippen molar-refractivity contribution in [3.63, 3.8) is 0 Å². The molecule has 3 heteroatoms. The normalized spacial score (nSPS) is 23.9. The van der Waals surface area contributed by atoms with Crippen molar-refractivity contribution in [1.82, 2.24) is 10.2 Å². The third-order valence-corrected chi connectivity index (χ3v) is 4.25. The van der Waals surface area contributed by atoms with Crippen LogP contribution in [0.2, 0.25) is 0 Å². The van der Waals surface area contributed by atoms with E-state index in [0.29, 0.717) is 11.8 Å². The maximum absolute atomic E-state index is 12.5. The van der Waals surface area contributed by atoms with Crippen LogP contribution in [-0.4, -0.2) is 29.6 Å². The Balaban J connectivity index is 2.55. The molecule has 1 aliphatic heterocycles. The van der Waals surface area contributed by atoms with Crippen LogP contribution in [0, 0.1) is 11.3 Å². The van der Waals surface area contributed by atoms with Gasteiger partial charge in [-0.15, -0.1) is 0 Å². The first-order valence-electron chi connectivity index (χ1n) is 8.33. The molecule has 1 aliphatic rings. The quantitative estimate of drug-likeness (QED) is 0.687. The summed E-state index contributed by atoms with van der Waals surface area (Å²) in [5.74, 6) is 0.857. The van der Waals surface area contributed by atoms with E-state index in [0.717, 1.165) is 13.0 Å². The van der Waals surface area contributed by atoms with Gasteiger partial charge in [0.25, 0.3) is 0 Å². The molecule has 1 rings (SSSR count). The van der Waals surface area contributed by atoms with Gasteiger partial charge < -0.3 is 4.90 Å². The zero-order chi connectivity index (χ0) is 15.3. The summed E-state index contributed by atoms with van der Waals surface area (Å²) in [6.07, 6.45) is 6.14. The van der Waals surface area contributed by atoms with E-state index >= 15 is 0 Å². The van der Waals surface area contributed by atoms with E-state index in [4.69, 9.17) is 0 Å². The Morgan fingerprint density at radius 1 is 1.30 bits per heavy atom. The second kappa shape index (κ2) is 7.44. The lowest BCUT2D eigenvalue weighted by Gasteiger charge is -2.32. The van der Waals surface area contributed by atoms with Gasteiger partial charge >= 0.3 is 0 Å². The fraction of sp³-hybridized carbons (Fsp3) is 0.941. The standard InChI is InChI=1S/C17H34N2O/c1-7-8-9-10-17(5,6)12-19-14(4)18-15(16(19)20)11-13(2)3/h13-15,18H,7-12H2,1-6H3. The maximum Gasteiger partial charge on any atom is 0.241 e. The van der Waals surface area contributed by atoms with Gasteiger partial charge in [-0.1, -0.05) is 53.9 Å². The average Bonchev–Trinajstić information content (AvgIpc) is 2.56. The van der Waals surface area contributed by atoms with E-state index in [1.807, 2.05) is 0 Å². The Bertz CT molecular complexity index is 312. The molecule has 0 radical (unpaired) electrons. The molecule has 2 unspecified atom stereocenters. The molecule has 0 saturated carbocycles. The smallest absolute Gasteiger partial charge is 0.241 e. The Labute approximate surface area is 125 Å². The SMILES string of the molecule is CCCCCC(C)(C)CN1C(=O)C(CC(C)C)NC1C. The number of hydrogen-bond acceptors (Lipinski definition) is 2. The molecule has 1 amide bonds. The molecule has 0 spiro atoms. The van der Waals surface area contributed by atoms with Gasteiger partial charge in [-0.3, -0.25) is 10.1 Å². The summed E-state index contributed by atoms with van der Waals surface area (Å²) in [6, 6.07) is 0.0245. The molecule has 1 N–H and O–H groups in total. The van der Waals surface area contributed by atoms with Crippen LogP contribution < -0.4 is 5.32 Å². The Morgan fingerprint density at radius 3 is 2.50 bits per heavy atom. The number of amides is 1. The third-order valence-electron chi connectivity index (χ3n) is 4.25. The summed E-state index contributed by atoms with van der Waals surface area (Å²) >= 11 is 0. The van der Waals surface area contributed by atoms with E-state index in [1.54, 1.807) is 0 Å². The van der Waals surface area contributed by atoms with Crippen LogP contribution in [0.15, 0.2) is 0 Å². The second-order valence-corrected chi connectivity index (χ2v) is 7.61. The minimum atomic E-state index is 0.0245. The Hall–Kier alpha value is -0.570. The predicted molar refractivity (Wildman–Crippen MR) is 85.5 cm³/mol. The molecule has 3 nitrogen and oxygen atoms in total. The van der Waals surface area contributed by atoms with Crippen LogP contribution in [-0.2, 0) is 4.79 Å². The largest absolute Gasteiger partial charge is 0.326 e. The maximum atomic E-state index is 12.5. The highest BCUT2D eigenvalue weighted by molar-refractivity contribution is 5.84. The van der Waals surface area contributed by atoms with Gasteiger partial charge in [-0.2, -0.15) is 0 Å². The number of nitrogens with zero attached hydrogens (tertiary/aromatic N) is 1. The highest BCUT2D eigenvalue weighted by Gasteiger charge is 2.38. The van der Waals surface area contributed by atoms with Crippen molar-refractivity contribution in [3.8, 4) is 0 Å². The lowest BCUT2D eigenvalue weighted by molar-refractivity contribution is -0.131. The summed E-state index contributed by atoms with van der Waals surface area (Å²) in [6.45, 7) is 14.2. The van der Waals surface area contributed by atoms with E-state index in [9.17, 15) is 4.79 Å². The number of nitrogens with one attached hydrogen (secondary N) is 1. The highest BCUT2D eigenvalue weighted by Crippen LogP contribution is 2.28. The predicted octanol–water partition coefficient (Wildman–Crippen LogP) is 3.79. The Morgan fingerprint density at radius 2 is 1.95 bits per heavy atom. The number of unbranched alkanes of at least 4 members (excludes halogenated alkanes) is 2. The molecule has 0 aliphatic carbocycles. The minimum Gasteiger partial charge on any atom is -0.326 e. The van der Waals surface area contributed by atoms with Gasteiger partial charge in [0, 0.05) is 6.54 Å². The molecule has 1 fully saturated rings. The van der Waals surface area contributed by atoms with Crippen LogP contribution in [0.5, 0.6) is 0 Å². The van der Waals surface area contributed by atoms with Crippen molar-refractivity contribution in [2.45, 2.75) is 85.9 Å². The summed E-state index contributed by atoms with van der Waals surface area (Å²) in [4.78, 5) is 14.6. The summed E-state index contributed by atoms with van der Waals surface area (Å²) in [5.41, 5.74) is 0.216. The van der Waals surface area contributed by atoms with Gasteiger partial charge in [-0.25, -0.2) is 0 Å². The van der Waals surface area contributed by atoms with Crippen molar-refractivity contribution in [3.05, 3.63) is 0 Å². The van der Waals surface area contributed by atoms with Gasteiger partial charge in [0.15, 0.2) is 0 Å². The molecule has 0 bridgehead atoms. The number of carbonyl (C=O) groups is 1. The van der Waals surface area contributed by atoms with Crippen LogP contribution in [0.25, 0.3) is 0 Å². The van der Waals surface area contributed by atoms with Crippen molar-refractivity contribution < 1.29 is 4.79 Å². The fourth-order valence-corrected chi connectivity index (χ4v) is 3.09. The number of hydrogen-bond donors (Lipinski definition) is 1. The molecule has 0 aromatic heterocycles. The van der Waals surface area contributed by atoms with Gasteiger partial charge in [0.2, 0.25) is 5.91 Å². The van der Waals surface area contributed by atoms with Crippen molar-refractivity contribution in [1.29, 1.82) is 0 Å². The lowest BCUT2D eigenvalue weighted by Crippen LogP contribution is -2.41. The summed E-state index contributed by atoms with van der Waals surface area (Å²) in [5, 5.41) is 3.45. The summed E-state index contributed by atoms with van der Waals surface area (Å²) < 4.78 is 0. The molecule has 1 heterocycles. The number of carbonyl (C=O) groups excluding carboxylic acids is 1. The molecule has 2 atom stereocenters. The molecule has 20 heavy (non-hydrogen) atoms. The average molecular weight is 282 g/mol. The molecule has 118 valence electrons. The van der Waals surface area contributed by atoms with Crippen molar-refractivity contribution >= 4 is 5.91 Å². The first kappa shape index (κ1) is 17.5. The van der Waals surface area contributed by atoms with Crippen LogP contribution in [0.4, 0.5) is 0 Å². The first-order valence-corrected chi connectivity index (χ1v) is 8.33. The molecule has 0 aromatic rings. The van der Waals surface area contributed by atoms with E-state index in [1.165, 1.54) is 25.7 Å². The zero-order valence-electron chi connectivity index (χ0n) is 14.3. The molecule has 1 saturated heterocycles. The van der Waals surface area contributed by atoms with Crippen LogP contribution >= 0.6 is 0 Å². The van der Waals surface area contributed by atoms with Gasteiger partial charge in [-0.05, 0) is 31.1 Å².